The van der Waals surface area contributed by atoms with Gasteiger partial charge in [0.15, 0.2) is 0 Å². The number of fused-ring (bicyclic) bond motifs is 1. The van der Waals surface area contributed by atoms with Crippen LogP contribution in [0.2, 0.25) is 0 Å². The Morgan fingerprint density at radius 3 is 2.63 bits per heavy atom. The lowest BCUT2D eigenvalue weighted by Crippen LogP contribution is -2.50. The number of aliphatic hydroxyl groups is 1. The van der Waals surface area contributed by atoms with Crippen molar-refractivity contribution < 1.29 is 23.0 Å². The molecule has 0 bridgehead atoms. The molecular weight excluding hydrogens is 365 g/mol. The molecule has 2 atom stereocenters. The third-order valence-electron chi connectivity index (χ3n) is 4.80. The fraction of sp³-hybridized carbons (Fsp3) is 0.765. The van der Waals surface area contributed by atoms with Crippen LogP contribution in [0.5, 0.6) is 0 Å². The van der Waals surface area contributed by atoms with Gasteiger partial charge in [0.1, 0.15) is 11.9 Å². The Morgan fingerprint density at radius 1 is 1.33 bits per heavy atom. The molecule has 152 valence electrons. The number of hydrogen-bond donors (Lipinski definition) is 1. The molecule has 1 N–H and O–H groups in total. The average Bonchev–Trinajstić information content (AvgIpc) is 2.53. The van der Waals surface area contributed by atoms with Crippen LogP contribution < -0.4 is 15.4 Å². The van der Waals surface area contributed by atoms with Crippen LogP contribution in [0, 0.1) is 0 Å². The van der Waals surface area contributed by atoms with E-state index in [1.807, 2.05) is 11.8 Å². The molecule has 27 heavy (non-hydrogen) atoms. The lowest BCUT2D eigenvalue weighted by Gasteiger charge is -2.40. The lowest BCUT2D eigenvalue weighted by atomic mass is 10.1. The molecule has 2 unspecified atom stereocenters. The molecule has 2 aliphatic rings. The second kappa shape index (κ2) is 6.97. The molecule has 0 spiro atoms. The first-order valence-electron chi connectivity index (χ1n) is 8.99. The summed E-state index contributed by atoms with van der Waals surface area (Å²) in [4.78, 5) is 20.5. The van der Waals surface area contributed by atoms with E-state index in [-0.39, 0.29) is 31.5 Å². The minimum Gasteiger partial charge on any atom is -0.389 e. The van der Waals surface area contributed by atoms with Crippen molar-refractivity contribution in [1.82, 2.24) is 9.55 Å². The Hall–Kier alpha value is -1.81. The maximum Gasteiger partial charge on any atom is 0.409 e. The standard InChI is InChI=1S/C17H25F3N4O3/c1-11-9-27-7-6-23(11)13-8-14(25)24-12(17(18,19)20)4-5-22(15(24)21-13)10-16(2,3)26/h8,11-12,26H,4-7,9-10H2,1-3H3. The second-order valence-electron chi connectivity index (χ2n) is 7.82. The van der Waals surface area contributed by atoms with Gasteiger partial charge < -0.3 is 19.6 Å². The van der Waals surface area contributed by atoms with Crippen LogP contribution in [0.1, 0.15) is 33.2 Å². The predicted octanol–water partition coefficient (Wildman–Crippen LogP) is 1.55. The Morgan fingerprint density at radius 2 is 2.04 bits per heavy atom. The highest BCUT2D eigenvalue weighted by molar-refractivity contribution is 5.47. The first-order valence-corrected chi connectivity index (χ1v) is 8.99. The second-order valence-corrected chi connectivity index (χ2v) is 7.82. The number of aromatic nitrogens is 2. The van der Waals surface area contributed by atoms with Crippen LogP contribution in [0.25, 0.3) is 0 Å². The first kappa shape index (κ1) is 19.9. The van der Waals surface area contributed by atoms with E-state index >= 15 is 0 Å². The Kier molecular flexibility index (Phi) is 5.15. The van der Waals surface area contributed by atoms with Gasteiger partial charge in [-0.2, -0.15) is 18.2 Å². The van der Waals surface area contributed by atoms with Gasteiger partial charge in [0.25, 0.3) is 5.56 Å². The Balaban J connectivity index is 2.09. The third kappa shape index (κ3) is 4.21. The number of rotatable bonds is 3. The molecule has 10 heteroatoms. The van der Waals surface area contributed by atoms with Gasteiger partial charge in [0.05, 0.1) is 24.9 Å². The largest absolute Gasteiger partial charge is 0.409 e. The lowest BCUT2D eigenvalue weighted by molar-refractivity contribution is -0.171. The number of alkyl halides is 3. The minimum atomic E-state index is -4.55. The summed E-state index contributed by atoms with van der Waals surface area (Å²) in [5, 5.41) is 10.1. The Labute approximate surface area is 155 Å². The maximum absolute atomic E-state index is 13.5. The summed E-state index contributed by atoms with van der Waals surface area (Å²) in [5.41, 5.74) is -1.88. The highest BCUT2D eigenvalue weighted by Gasteiger charge is 2.46. The number of hydrogen-bond acceptors (Lipinski definition) is 6. The molecule has 3 rings (SSSR count). The summed E-state index contributed by atoms with van der Waals surface area (Å²) in [6, 6.07) is -0.794. The van der Waals surface area contributed by atoms with Crippen molar-refractivity contribution in [2.24, 2.45) is 0 Å². The molecule has 0 radical (unpaired) electrons. The number of ether oxygens (including phenoxy) is 1. The molecule has 1 fully saturated rings. The zero-order chi connectivity index (χ0) is 20.0. The highest BCUT2D eigenvalue weighted by Crippen LogP contribution is 2.38. The number of nitrogens with zero attached hydrogens (tertiary/aromatic N) is 4. The molecule has 0 saturated carbocycles. The zero-order valence-corrected chi connectivity index (χ0v) is 15.7. The van der Waals surface area contributed by atoms with Gasteiger partial charge in [-0.05, 0) is 27.2 Å². The normalized spacial score (nSPS) is 24.1. The summed E-state index contributed by atoms with van der Waals surface area (Å²) in [6.45, 7) is 6.60. The fourth-order valence-electron chi connectivity index (χ4n) is 3.63. The summed E-state index contributed by atoms with van der Waals surface area (Å²) in [5.74, 6) is 0.289. The predicted molar refractivity (Wildman–Crippen MR) is 94.3 cm³/mol. The van der Waals surface area contributed by atoms with Crippen LogP contribution in [-0.2, 0) is 4.74 Å². The summed E-state index contributed by atoms with van der Waals surface area (Å²) < 4.78 is 46.6. The van der Waals surface area contributed by atoms with E-state index < -0.39 is 23.4 Å². The van der Waals surface area contributed by atoms with Crippen LogP contribution in [0.15, 0.2) is 10.9 Å². The van der Waals surface area contributed by atoms with E-state index in [4.69, 9.17) is 4.74 Å². The van der Waals surface area contributed by atoms with Crippen molar-refractivity contribution >= 4 is 11.8 Å². The monoisotopic (exact) mass is 390 g/mol. The van der Waals surface area contributed by atoms with Crippen molar-refractivity contribution in [1.29, 1.82) is 0 Å². The number of anilines is 2. The summed E-state index contributed by atoms with van der Waals surface area (Å²) in [7, 11) is 0. The van der Waals surface area contributed by atoms with Crippen molar-refractivity contribution in [2.45, 2.75) is 51.1 Å². The zero-order valence-electron chi connectivity index (χ0n) is 15.7. The molecule has 2 aliphatic heterocycles. The fourth-order valence-corrected chi connectivity index (χ4v) is 3.63. The quantitative estimate of drug-likeness (QED) is 0.845. The summed E-state index contributed by atoms with van der Waals surface area (Å²) >= 11 is 0. The van der Waals surface area contributed by atoms with Crippen LogP contribution in [-0.4, -0.2) is 65.3 Å². The highest BCUT2D eigenvalue weighted by atomic mass is 19.4. The van der Waals surface area contributed by atoms with Crippen molar-refractivity contribution in [3.8, 4) is 0 Å². The first-order chi connectivity index (χ1) is 12.5. The van der Waals surface area contributed by atoms with E-state index in [1.54, 1.807) is 18.7 Å². The molecular formula is C17H25F3N4O3. The smallest absolute Gasteiger partial charge is 0.389 e. The van der Waals surface area contributed by atoms with E-state index in [2.05, 4.69) is 4.98 Å². The minimum absolute atomic E-state index is 0.0431. The van der Waals surface area contributed by atoms with E-state index in [0.717, 1.165) is 6.07 Å². The van der Waals surface area contributed by atoms with Crippen molar-refractivity contribution in [3.63, 3.8) is 0 Å². The molecule has 0 amide bonds. The van der Waals surface area contributed by atoms with E-state index in [0.29, 0.717) is 30.1 Å². The van der Waals surface area contributed by atoms with Crippen LogP contribution >= 0.6 is 0 Å². The summed E-state index contributed by atoms with van der Waals surface area (Å²) in [6.07, 6.45) is -4.81. The molecule has 3 heterocycles. The molecule has 1 aromatic heterocycles. The average molecular weight is 390 g/mol. The van der Waals surface area contributed by atoms with Crippen molar-refractivity contribution in [2.75, 3.05) is 42.6 Å². The molecule has 7 nitrogen and oxygen atoms in total. The van der Waals surface area contributed by atoms with E-state index in [9.17, 15) is 23.1 Å². The van der Waals surface area contributed by atoms with Crippen LogP contribution in [0.3, 0.4) is 0 Å². The van der Waals surface area contributed by atoms with Crippen molar-refractivity contribution in [3.05, 3.63) is 16.4 Å². The van der Waals surface area contributed by atoms with Crippen LogP contribution in [0.4, 0.5) is 24.9 Å². The van der Waals surface area contributed by atoms with Gasteiger partial charge in [-0.3, -0.25) is 9.36 Å². The molecule has 1 saturated heterocycles. The molecule has 0 aromatic carbocycles. The van der Waals surface area contributed by atoms with Gasteiger partial charge in [0.2, 0.25) is 5.95 Å². The number of β-amino-alcohol motifs (C(OH)–C–C–N with tert-alkyl or cyclic N) is 1. The number of morpholine rings is 1. The number of halogens is 3. The topological polar surface area (TPSA) is 70.8 Å². The maximum atomic E-state index is 13.5. The molecule has 1 aromatic rings. The SMILES string of the molecule is CC1COCCN1c1cc(=O)n2c(n1)N(CC(C)(C)O)CCC2C(F)(F)F. The van der Waals surface area contributed by atoms with Gasteiger partial charge in [-0.15, -0.1) is 0 Å². The van der Waals surface area contributed by atoms with Gasteiger partial charge in [-0.25, -0.2) is 0 Å². The van der Waals surface area contributed by atoms with Gasteiger partial charge in [0, 0.05) is 25.7 Å². The third-order valence-corrected chi connectivity index (χ3v) is 4.80. The molecule has 0 aliphatic carbocycles. The Bertz CT molecular complexity index is 744. The van der Waals surface area contributed by atoms with Gasteiger partial charge >= 0.3 is 6.18 Å². The van der Waals surface area contributed by atoms with E-state index in [1.165, 1.54) is 0 Å². The van der Waals surface area contributed by atoms with Gasteiger partial charge in [-0.1, -0.05) is 0 Å².